The van der Waals surface area contributed by atoms with Gasteiger partial charge >= 0.3 is 5.97 Å². The molecule has 1 saturated carbocycles. The topological polar surface area (TPSA) is 35.5 Å². The molecule has 96 valence electrons. The zero-order valence-electron chi connectivity index (χ0n) is 10.5. The third kappa shape index (κ3) is 2.25. The zero-order valence-corrected chi connectivity index (χ0v) is 11.3. The first-order valence-corrected chi connectivity index (χ1v) is 6.30. The van der Waals surface area contributed by atoms with Crippen LogP contribution in [0.5, 0.6) is 0 Å². The fraction of sp³-hybridized carbons (Fsp3) is 0.429. The number of esters is 1. The third-order valence-electron chi connectivity index (χ3n) is 3.58. The second-order valence-electron chi connectivity index (χ2n) is 4.43. The first-order chi connectivity index (χ1) is 8.69. The lowest BCUT2D eigenvalue weighted by molar-refractivity contribution is -0.151. The molecule has 0 saturated heterocycles. The summed E-state index contributed by atoms with van der Waals surface area (Å²) in [5.41, 5.74) is 1.16. The van der Waals surface area contributed by atoms with E-state index in [1.54, 1.807) is 7.11 Å². The van der Waals surface area contributed by atoms with E-state index in [0.717, 1.165) is 12.0 Å². The predicted molar refractivity (Wildman–Crippen MR) is 72.4 cm³/mol. The molecule has 0 aliphatic heterocycles. The second-order valence-corrected chi connectivity index (χ2v) is 4.83. The van der Waals surface area contributed by atoms with Crippen LogP contribution >= 0.6 is 12.2 Å². The van der Waals surface area contributed by atoms with Crippen LogP contribution in [0.4, 0.5) is 0 Å². The maximum absolute atomic E-state index is 11.9. The largest absolute Gasteiger partial charge is 0.490 e. The highest BCUT2D eigenvalue weighted by atomic mass is 32.1. The Bertz CT molecular complexity index is 444. The summed E-state index contributed by atoms with van der Waals surface area (Å²) in [6.07, 6.45) is 0.844. The zero-order chi connectivity index (χ0) is 13.1. The molecule has 2 rings (SSSR count). The molecular formula is C14H16O3S. The van der Waals surface area contributed by atoms with Gasteiger partial charge in [0, 0.05) is 5.92 Å². The van der Waals surface area contributed by atoms with E-state index in [9.17, 15) is 4.79 Å². The van der Waals surface area contributed by atoms with Gasteiger partial charge in [0.1, 0.15) is 0 Å². The number of ether oxygens (including phenoxy) is 2. The first kappa shape index (κ1) is 13.0. The van der Waals surface area contributed by atoms with Crippen molar-refractivity contribution in [2.24, 2.45) is 11.8 Å². The fourth-order valence-electron chi connectivity index (χ4n) is 2.55. The van der Waals surface area contributed by atoms with Gasteiger partial charge in [-0.25, -0.2) is 0 Å². The van der Waals surface area contributed by atoms with Crippen LogP contribution in [0, 0.1) is 11.8 Å². The van der Waals surface area contributed by atoms with Crippen LogP contribution < -0.4 is 0 Å². The van der Waals surface area contributed by atoms with E-state index in [-0.39, 0.29) is 23.7 Å². The average Bonchev–Trinajstić information content (AvgIpc) is 2.38. The molecule has 4 heteroatoms. The number of hydrogen-bond acceptors (Lipinski definition) is 4. The summed E-state index contributed by atoms with van der Waals surface area (Å²) >= 11 is 5.15. The average molecular weight is 264 g/mol. The third-order valence-corrected chi connectivity index (χ3v) is 4.05. The van der Waals surface area contributed by atoms with Crippen molar-refractivity contribution in [3.05, 3.63) is 35.9 Å². The van der Waals surface area contributed by atoms with Crippen molar-refractivity contribution in [1.82, 2.24) is 0 Å². The number of carbonyl (C=O) groups is 1. The molecule has 0 aromatic heterocycles. The van der Waals surface area contributed by atoms with E-state index in [2.05, 4.69) is 0 Å². The molecule has 0 bridgehead atoms. The summed E-state index contributed by atoms with van der Waals surface area (Å²) in [6, 6.07) is 9.99. The molecule has 1 aliphatic carbocycles. The van der Waals surface area contributed by atoms with Gasteiger partial charge in [-0.2, -0.15) is 0 Å². The van der Waals surface area contributed by atoms with Crippen molar-refractivity contribution >= 4 is 23.2 Å². The van der Waals surface area contributed by atoms with Crippen LogP contribution in [0.1, 0.15) is 17.9 Å². The highest BCUT2D eigenvalue weighted by molar-refractivity contribution is 7.80. The molecular weight excluding hydrogens is 248 g/mol. The van der Waals surface area contributed by atoms with Gasteiger partial charge in [-0.05, 0) is 30.1 Å². The Labute approximate surface area is 112 Å². The van der Waals surface area contributed by atoms with Crippen LogP contribution in [0.3, 0.4) is 0 Å². The lowest BCUT2D eigenvalue weighted by Crippen LogP contribution is -2.45. The van der Waals surface area contributed by atoms with Gasteiger partial charge < -0.3 is 9.47 Å². The van der Waals surface area contributed by atoms with E-state index < -0.39 is 0 Å². The summed E-state index contributed by atoms with van der Waals surface area (Å²) in [6.45, 7) is 0. The summed E-state index contributed by atoms with van der Waals surface area (Å²) < 4.78 is 9.96. The van der Waals surface area contributed by atoms with Crippen LogP contribution in [0.25, 0.3) is 0 Å². The molecule has 0 spiro atoms. The number of thiocarbonyl (C=S) groups is 1. The van der Waals surface area contributed by atoms with Gasteiger partial charge in [0.2, 0.25) is 0 Å². The monoisotopic (exact) mass is 264 g/mol. The second kappa shape index (κ2) is 5.48. The first-order valence-electron chi connectivity index (χ1n) is 5.89. The summed E-state index contributed by atoms with van der Waals surface area (Å²) in [4.78, 5) is 11.9. The molecule has 0 N–H and O–H groups in total. The Kier molecular flexibility index (Phi) is 3.97. The minimum atomic E-state index is -0.218. The van der Waals surface area contributed by atoms with Crippen LogP contribution in [-0.4, -0.2) is 25.2 Å². The van der Waals surface area contributed by atoms with Crippen molar-refractivity contribution in [1.29, 1.82) is 0 Å². The number of benzene rings is 1. The smallest absolute Gasteiger partial charge is 0.310 e. The SMILES string of the molecule is COC(=O)C1C(C(=S)OC)CC1c1ccccc1. The molecule has 1 aromatic rings. The lowest BCUT2D eigenvalue weighted by Gasteiger charge is -2.42. The van der Waals surface area contributed by atoms with Gasteiger partial charge in [-0.1, -0.05) is 30.3 Å². The molecule has 3 atom stereocenters. The molecule has 0 heterocycles. The number of methoxy groups -OCH3 is 2. The van der Waals surface area contributed by atoms with Gasteiger partial charge in [-0.3, -0.25) is 4.79 Å². The molecule has 3 nitrogen and oxygen atoms in total. The van der Waals surface area contributed by atoms with Crippen molar-refractivity contribution in [2.45, 2.75) is 12.3 Å². The van der Waals surface area contributed by atoms with Crippen LogP contribution in [-0.2, 0) is 14.3 Å². The Balaban J connectivity index is 2.19. The van der Waals surface area contributed by atoms with Gasteiger partial charge in [-0.15, -0.1) is 0 Å². The standard InChI is InChI=1S/C14H16O3S/c1-16-13(15)12-10(8-11(12)14(18)17-2)9-6-4-3-5-7-9/h3-7,10-12H,8H2,1-2H3. The maximum Gasteiger partial charge on any atom is 0.310 e. The van der Waals surface area contributed by atoms with E-state index in [4.69, 9.17) is 21.7 Å². The normalized spacial score (nSPS) is 26.0. The number of carbonyl (C=O) groups excluding carboxylic acids is 1. The Morgan fingerprint density at radius 3 is 2.44 bits per heavy atom. The highest BCUT2D eigenvalue weighted by Crippen LogP contribution is 2.48. The van der Waals surface area contributed by atoms with Crippen molar-refractivity contribution < 1.29 is 14.3 Å². The van der Waals surface area contributed by atoms with E-state index in [0.29, 0.717) is 5.05 Å². The Hall–Kier alpha value is -1.42. The minimum Gasteiger partial charge on any atom is -0.490 e. The predicted octanol–water partition coefficient (Wildman–Crippen LogP) is 2.55. The van der Waals surface area contributed by atoms with Gasteiger partial charge in [0.05, 0.1) is 20.1 Å². The van der Waals surface area contributed by atoms with Crippen molar-refractivity contribution in [2.75, 3.05) is 14.2 Å². The van der Waals surface area contributed by atoms with Crippen molar-refractivity contribution in [3.8, 4) is 0 Å². The summed E-state index contributed by atoms with van der Waals surface area (Å²) in [5, 5.41) is 0.498. The van der Waals surface area contributed by atoms with E-state index in [1.165, 1.54) is 7.11 Å². The van der Waals surface area contributed by atoms with E-state index >= 15 is 0 Å². The molecule has 0 amide bonds. The molecule has 0 radical (unpaired) electrons. The van der Waals surface area contributed by atoms with Gasteiger partial charge in [0.25, 0.3) is 0 Å². The molecule has 3 unspecified atom stereocenters. The van der Waals surface area contributed by atoms with Crippen molar-refractivity contribution in [3.63, 3.8) is 0 Å². The Morgan fingerprint density at radius 1 is 1.22 bits per heavy atom. The summed E-state index contributed by atoms with van der Waals surface area (Å²) in [7, 11) is 2.96. The lowest BCUT2D eigenvalue weighted by atomic mass is 9.62. The minimum absolute atomic E-state index is 0.0114. The van der Waals surface area contributed by atoms with Gasteiger partial charge in [0.15, 0.2) is 5.05 Å². The quantitative estimate of drug-likeness (QED) is 0.621. The molecule has 1 aromatic carbocycles. The molecule has 1 aliphatic rings. The molecule has 1 fully saturated rings. The molecule has 18 heavy (non-hydrogen) atoms. The van der Waals surface area contributed by atoms with Crippen LogP contribution in [0.2, 0.25) is 0 Å². The number of hydrogen-bond donors (Lipinski definition) is 0. The van der Waals surface area contributed by atoms with E-state index in [1.807, 2.05) is 30.3 Å². The van der Waals surface area contributed by atoms with Crippen LogP contribution in [0.15, 0.2) is 30.3 Å². The Morgan fingerprint density at radius 2 is 1.89 bits per heavy atom. The fourth-order valence-corrected chi connectivity index (χ4v) is 2.80. The number of rotatable bonds is 3. The summed E-state index contributed by atoms with van der Waals surface area (Å²) in [5.74, 6) is -0.260. The maximum atomic E-state index is 11.9. The highest BCUT2D eigenvalue weighted by Gasteiger charge is 2.49.